The van der Waals surface area contributed by atoms with Gasteiger partial charge in [0.2, 0.25) is 5.91 Å². The standard InChI is InChI=1S/C16H22N4O4.ClH/c1-24-8-7-17-5-6-18-15(22)13-4-2-3-12(9-13)11-20-14(21)10-19-16(20)23;/h2-4,9,17H,5-8,10-11H2,1H3,(H,18,22)(H,19,23);1H. The maximum absolute atomic E-state index is 12.1. The summed E-state index contributed by atoms with van der Waals surface area (Å²) in [6.45, 7) is 2.68. The van der Waals surface area contributed by atoms with E-state index in [2.05, 4.69) is 16.0 Å². The van der Waals surface area contributed by atoms with Crippen LogP contribution in [-0.4, -0.2) is 62.6 Å². The normalized spacial score (nSPS) is 13.4. The number of carbonyl (C=O) groups excluding carboxylic acids is 3. The molecular formula is C16H23ClN4O4. The van der Waals surface area contributed by atoms with Crippen LogP contribution >= 0.6 is 12.4 Å². The second-order valence-corrected chi connectivity index (χ2v) is 5.34. The maximum atomic E-state index is 12.1. The molecule has 0 bridgehead atoms. The molecule has 1 aromatic rings. The van der Waals surface area contributed by atoms with E-state index < -0.39 is 6.03 Å². The number of methoxy groups -OCH3 is 1. The highest BCUT2D eigenvalue weighted by Crippen LogP contribution is 2.11. The molecule has 9 heteroatoms. The molecule has 4 amide bonds. The lowest BCUT2D eigenvalue weighted by molar-refractivity contribution is -0.125. The topological polar surface area (TPSA) is 99.8 Å². The summed E-state index contributed by atoms with van der Waals surface area (Å²) in [5.41, 5.74) is 1.22. The summed E-state index contributed by atoms with van der Waals surface area (Å²) in [7, 11) is 1.63. The van der Waals surface area contributed by atoms with E-state index in [0.29, 0.717) is 25.3 Å². The van der Waals surface area contributed by atoms with Gasteiger partial charge in [-0.3, -0.25) is 14.5 Å². The lowest BCUT2D eigenvalue weighted by atomic mass is 10.1. The van der Waals surface area contributed by atoms with E-state index in [1.807, 2.05) is 0 Å². The fourth-order valence-electron chi connectivity index (χ4n) is 2.27. The van der Waals surface area contributed by atoms with Gasteiger partial charge in [0, 0.05) is 32.3 Å². The van der Waals surface area contributed by atoms with Crippen molar-refractivity contribution < 1.29 is 19.1 Å². The molecule has 0 unspecified atom stereocenters. The van der Waals surface area contributed by atoms with Gasteiger partial charge in [0.25, 0.3) is 5.91 Å². The number of rotatable bonds is 9. The van der Waals surface area contributed by atoms with Crippen LogP contribution in [0.3, 0.4) is 0 Å². The molecular weight excluding hydrogens is 348 g/mol. The van der Waals surface area contributed by atoms with Gasteiger partial charge in [-0.2, -0.15) is 0 Å². The van der Waals surface area contributed by atoms with Gasteiger partial charge in [0.1, 0.15) is 0 Å². The van der Waals surface area contributed by atoms with Crippen LogP contribution in [0.5, 0.6) is 0 Å². The first-order chi connectivity index (χ1) is 11.6. The first kappa shape index (κ1) is 20.9. The quantitative estimate of drug-likeness (QED) is 0.423. The van der Waals surface area contributed by atoms with Crippen LogP contribution in [0.2, 0.25) is 0 Å². The van der Waals surface area contributed by atoms with Gasteiger partial charge in [-0.25, -0.2) is 4.79 Å². The Bertz CT molecular complexity index is 596. The first-order valence-electron chi connectivity index (χ1n) is 7.77. The molecule has 1 aromatic carbocycles. The van der Waals surface area contributed by atoms with Crippen molar-refractivity contribution in [3.63, 3.8) is 0 Å². The second kappa shape index (κ2) is 10.7. The number of urea groups is 1. The van der Waals surface area contributed by atoms with Gasteiger partial charge >= 0.3 is 6.03 Å². The predicted octanol–water partition coefficient (Wildman–Crippen LogP) is 0.126. The fourth-order valence-corrected chi connectivity index (χ4v) is 2.27. The molecule has 1 saturated heterocycles. The molecule has 2 rings (SSSR count). The van der Waals surface area contributed by atoms with Gasteiger partial charge in [0.15, 0.2) is 0 Å². The summed E-state index contributed by atoms with van der Waals surface area (Å²) in [6, 6.07) is 6.49. The van der Waals surface area contributed by atoms with Crippen LogP contribution in [0.25, 0.3) is 0 Å². The number of carbonyl (C=O) groups is 3. The Hall–Kier alpha value is -2.16. The molecule has 1 aliphatic heterocycles. The molecule has 1 fully saturated rings. The maximum Gasteiger partial charge on any atom is 0.324 e. The molecule has 8 nitrogen and oxygen atoms in total. The lowest BCUT2D eigenvalue weighted by Crippen LogP contribution is -2.33. The van der Waals surface area contributed by atoms with Crippen LogP contribution in [-0.2, 0) is 16.1 Å². The average molecular weight is 371 g/mol. The van der Waals surface area contributed by atoms with Crippen molar-refractivity contribution in [2.24, 2.45) is 0 Å². The summed E-state index contributed by atoms with van der Waals surface area (Å²) in [5, 5.41) is 8.41. The van der Waals surface area contributed by atoms with E-state index in [4.69, 9.17) is 4.74 Å². The number of amides is 4. The first-order valence-corrected chi connectivity index (χ1v) is 7.77. The Morgan fingerprint density at radius 1 is 1.28 bits per heavy atom. The van der Waals surface area contributed by atoms with Gasteiger partial charge in [-0.15, -0.1) is 12.4 Å². The monoisotopic (exact) mass is 370 g/mol. The molecule has 0 saturated carbocycles. The van der Waals surface area contributed by atoms with Gasteiger partial charge < -0.3 is 20.7 Å². The smallest absolute Gasteiger partial charge is 0.324 e. The van der Waals surface area contributed by atoms with E-state index in [-0.39, 0.29) is 37.3 Å². The van der Waals surface area contributed by atoms with Crippen molar-refractivity contribution >= 4 is 30.3 Å². The van der Waals surface area contributed by atoms with Gasteiger partial charge in [0.05, 0.1) is 19.7 Å². The van der Waals surface area contributed by atoms with Crippen molar-refractivity contribution in [3.8, 4) is 0 Å². The number of hydrogen-bond donors (Lipinski definition) is 3. The van der Waals surface area contributed by atoms with Crippen molar-refractivity contribution in [1.82, 2.24) is 20.9 Å². The number of benzene rings is 1. The number of nitrogens with zero attached hydrogens (tertiary/aromatic N) is 1. The molecule has 0 atom stereocenters. The zero-order chi connectivity index (χ0) is 17.4. The number of hydrogen-bond acceptors (Lipinski definition) is 5. The fraction of sp³-hybridized carbons (Fsp3) is 0.438. The van der Waals surface area contributed by atoms with Crippen molar-refractivity contribution in [3.05, 3.63) is 35.4 Å². The average Bonchev–Trinajstić information content (AvgIpc) is 2.90. The van der Waals surface area contributed by atoms with Crippen LogP contribution < -0.4 is 16.0 Å². The molecule has 0 aliphatic carbocycles. The Labute approximate surface area is 152 Å². The zero-order valence-corrected chi connectivity index (χ0v) is 14.9. The van der Waals surface area contributed by atoms with Crippen LogP contribution in [0.4, 0.5) is 4.79 Å². The Morgan fingerprint density at radius 2 is 2.08 bits per heavy atom. The third-order valence-corrected chi connectivity index (χ3v) is 3.54. The van der Waals surface area contributed by atoms with Crippen LogP contribution in [0.15, 0.2) is 24.3 Å². The molecule has 1 heterocycles. The summed E-state index contributed by atoms with van der Waals surface area (Å²) in [5.74, 6) is -0.459. The number of imide groups is 1. The molecule has 1 aliphatic rings. The Morgan fingerprint density at radius 3 is 2.76 bits per heavy atom. The van der Waals surface area contributed by atoms with E-state index in [9.17, 15) is 14.4 Å². The highest BCUT2D eigenvalue weighted by atomic mass is 35.5. The predicted molar refractivity (Wildman–Crippen MR) is 94.7 cm³/mol. The summed E-state index contributed by atoms with van der Waals surface area (Å²) < 4.78 is 4.92. The largest absolute Gasteiger partial charge is 0.383 e. The molecule has 3 N–H and O–H groups in total. The minimum Gasteiger partial charge on any atom is -0.383 e. The van der Waals surface area contributed by atoms with E-state index in [0.717, 1.165) is 17.0 Å². The number of ether oxygens (including phenoxy) is 1. The van der Waals surface area contributed by atoms with Crippen molar-refractivity contribution in [2.75, 3.05) is 39.9 Å². The Balaban J connectivity index is 0.00000312. The third-order valence-electron chi connectivity index (χ3n) is 3.54. The van der Waals surface area contributed by atoms with E-state index in [1.165, 1.54) is 0 Å². The van der Waals surface area contributed by atoms with E-state index >= 15 is 0 Å². The van der Waals surface area contributed by atoms with Gasteiger partial charge in [-0.05, 0) is 17.7 Å². The minimum atomic E-state index is -0.406. The van der Waals surface area contributed by atoms with E-state index in [1.54, 1.807) is 31.4 Å². The summed E-state index contributed by atoms with van der Waals surface area (Å²) >= 11 is 0. The molecule has 25 heavy (non-hydrogen) atoms. The zero-order valence-electron chi connectivity index (χ0n) is 14.0. The van der Waals surface area contributed by atoms with Crippen molar-refractivity contribution in [2.45, 2.75) is 6.54 Å². The Kier molecular flexibility index (Phi) is 8.90. The van der Waals surface area contributed by atoms with Gasteiger partial charge in [-0.1, -0.05) is 12.1 Å². The lowest BCUT2D eigenvalue weighted by Gasteiger charge is -2.13. The third kappa shape index (κ3) is 6.33. The second-order valence-electron chi connectivity index (χ2n) is 5.34. The summed E-state index contributed by atoms with van der Waals surface area (Å²) in [4.78, 5) is 36.4. The van der Waals surface area contributed by atoms with Crippen LogP contribution in [0, 0.1) is 0 Å². The molecule has 0 aromatic heterocycles. The number of nitrogens with one attached hydrogen (secondary N) is 3. The SMILES string of the molecule is COCCNCCNC(=O)c1cccc(CN2C(=O)CNC2=O)c1.Cl. The molecule has 138 valence electrons. The highest BCUT2D eigenvalue weighted by Gasteiger charge is 2.28. The van der Waals surface area contributed by atoms with Crippen LogP contribution in [0.1, 0.15) is 15.9 Å². The van der Waals surface area contributed by atoms with Crippen molar-refractivity contribution in [1.29, 1.82) is 0 Å². The molecule has 0 spiro atoms. The number of halogens is 1. The molecule has 0 radical (unpaired) electrons. The summed E-state index contributed by atoms with van der Waals surface area (Å²) in [6.07, 6.45) is 0. The highest BCUT2D eigenvalue weighted by molar-refractivity contribution is 6.02. The minimum absolute atomic E-state index is 0.